The minimum Gasteiger partial charge on any atom is -0.394 e. The first-order valence-electron chi connectivity index (χ1n) is 5.97. The summed E-state index contributed by atoms with van der Waals surface area (Å²) in [5.41, 5.74) is 0.108. The molecule has 0 spiro atoms. The van der Waals surface area contributed by atoms with Crippen molar-refractivity contribution >= 4 is 17.5 Å². The van der Waals surface area contributed by atoms with Gasteiger partial charge in [0.05, 0.1) is 29.3 Å². The van der Waals surface area contributed by atoms with Gasteiger partial charge in [-0.05, 0) is 18.6 Å². The summed E-state index contributed by atoms with van der Waals surface area (Å²) in [7, 11) is 1.56. The molecule has 1 N–H and O–H groups in total. The van der Waals surface area contributed by atoms with Crippen molar-refractivity contribution in [2.75, 3.05) is 20.3 Å². The lowest BCUT2D eigenvalue weighted by atomic mass is 10.1. The van der Waals surface area contributed by atoms with Crippen molar-refractivity contribution in [1.82, 2.24) is 4.90 Å². The van der Waals surface area contributed by atoms with Crippen molar-refractivity contribution in [3.8, 4) is 0 Å². The zero-order valence-corrected chi connectivity index (χ0v) is 11.2. The molecule has 1 aromatic carbocycles. The van der Waals surface area contributed by atoms with Crippen LogP contribution in [0.5, 0.6) is 0 Å². The molecule has 0 aliphatic carbocycles. The van der Waals surface area contributed by atoms with Gasteiger partial charge in [-0.2, -0.15) is 0 Å². The van der Waals surface area contributed by atoms with Gasteiger partial charge in [0.15, 0.2) is 0 Å². The number of aliphatic hydroxyl groups excluding tert-OH is 1. The minimum atomic E-state index is -0.629. The second-order valence-electron chi connectivity index (χ2n) is 4.49. The van der Waals surface area contributed by atoms with Gasteiger partial charge in [0.1, 0.15) is 5.82 Å². The van der Waals surface area contributed by atoms with Gasteiger partial charge in [0.25, 0.3) is 5.91 Å². The summed E-state index contributed by atoms with van der Waals surface area (Å²) in [6.07, 6.45) is 0.444. The highest BCUT2D eigenvalue weighted by Crippen LogP contribution is 2.26. The summed E-state index contributed by atoms with van der Waals surface area (Å²) >= 11 is 5.81. The summed E-state index contributed by atoms with van der Waals surface area (Å²) < 4.78 is 18.6. The molecule has 1 aliphatic rings. The van der Waals surface area contributed by atoms with Crippen LogP contribution in [-0.2, 0) is 4.74 Å². The molecule has 0 saturated carbocycles. The molecule has 1 aromatic rings. The molecular weight excluding hydrogens is 273 g/mol. The van der Waals surface area contributed by atoms with Crippen LogP contribution in [0, 0.1) is 5.82 Å². The number of hydrogen-bond donors (Lipinski definition) is 1. The van der Waals surface area contributed by atoms with Gasteiger partial charge in [0.2, 0.25) is 0 Å². The number of ether oxygens (including phenoxy) is 1. The Balaban J connectivity index is 2.26. The third-order valence-electron chi connectivity index (χ3n) is 3.36. The molecule has 0 radical (unpaired) electrons. The van der Waals surface area contributed by atoms with Gasteiger partial charge in [0, 0.05) is 13.7 Å². The Kier molecular flexibility index (Phi) is 4.39. The molecule has 0 aromatic heterocycles. The molecule has 1 amide bonds. The maximum Gasteiger partial charge on any atom is 0.255 e. The SMILES string of the molecule is CO[C@@H]1C[C@@H](CO)N(C(=O)c2cccc(F)c2Cl)C1. The number of halogens is 2. The zero-order chi connectivity index (χ0) is 14.0. The molecule has 0 bridgehead atoms. The van der Waals surface area contributed by atoms with Gasteiger partial charge in [-0.3, -0.25) is 4.79 Å². The number of methoxy groups -OCH3 is 1. The molecule has 1 aliphatic heterocycles. The maximum atomic E-state index is 13.4. The van der Waals surface area contributed by atoms with E-state index in [1.165, 1.54) is 23.1 Å². The first kappa shape index (κ1) is 14.2. The molecule has 4 nitrogen and oxygen atoms in total. The highest BCUT2D eigenvalue weighted by Gasteiger charge is 2.36. The molecule has 0 unspecified atom stereocenters. The lowest BCUT2D eigenvalue weighted by molar-refractivity contribution is 0.0647. The smallest absolute Gasteiger partial charge is 0.255 e. The van der Waals surface area contributed by atoms with Gasteiger partial charge < -0.3 is 14.7 Å². The van der Waals surface area contributed by atoms with Crippen LogP contribution in [-0.4, -0.2) is 48.3 Å². The van der Waals surface area contributed by atoms with Crippen molar-refractivity contribution in [2.45, 2.75) is 18.6 Å². The minimum absolute atomic E-state index is 0.108. The number of carbonyl (C=O) groups is 1. The Morgan fingerprint density at radius 3 is 3.00 bits per heavy atom. The molecule has 1 saturated heterocycles. The lowest BCUT2D eigenvalue weighted by Gasteiger charge is -2.23. The highest BCUT2D eigenvalue weighted by molar-refractivity contribution is 6.34. The maximum absolute atomic E-state index is 13.4. The number of aliphatic hydroxyl groups is 1. The molecule has 6 heteroatoms. The van der Waals surface area contributed by atoms with E-state index in [2.05, 4.69) is 0 Å². The Bertz CT molecular complexity index is 483. The topological polar surface area (TPSA) is 49.8 Å². The molecule has 2 atom stereocenters. The molecule has 2 rings (SSSR count). The van der Waals surface area contributed by atoms with E-state index in [1.54, 1.807) is 7.11 Å². The van der Waals surface area contributed by atoms with E-state index < -0.39 is 5.82 Å². The summed E-state index contributed by atoms with van der Waals surface area (Å²) in [6.45, 7) is 0.214. The van der Waals surface area contributed by atoms with Crippen LogP contribution >= 0.6 is 11.6 Å². The quantitative estimate of drug-likeness (QED) is 0.920. The van der Waals surface area contributed by atoms with Crippen molar-refractivity contribution < 1.29 is 19.0 Å². The second kappa shape index (κ2) is 5.86. The van der Waals surface area contributed by atoms with E-state index in [4.69, 9.17) is 16.3 Å². The van der Waals surface area contributed by atoms with Crippen LogP contribution in [0.2, 0.25) is 5.02 Å². The summed E-state index contributed by atoms with van der Waals surface area (Å²) in [6, 6.07) is 3.79. The first-order chi connectivity index (χ1) is 9.08. The third kappa shape index (κ3) is 2.73. The van der Waals surface area contributed by atoms with Crippen molar-refractivity contribution in [3.63, 3.8) is 0 Å². The molecule has 1 heterocycles. The van der Waals surface area contributed by atoms with Gasteiger partial charge in [-0.25, -0.2) is 4.39 Å². The van der Waals surface area contributed by atoms with Crippen LogP contribution in [0.15, 0.2) is 18.2 Å². The number of nitrogens with zero attached hydrogens (tertiary/aromatic N) is 1. The van der Waals surface area contributed by atoms with E-state index in [1.807, 2.05) is 0 Å². The normalized spacial score (nSPS) is 22.8. The Labute approximate surface area is 115 Å². The zero-order valence-electron chi connectivity index (χ0n) is 10.5. The third-order valence-corrected chi connectivity index (χ3v) is 3.75. The van der Waals surface area contributed by atoms with Gasteiger partial charge in [-0.1, -0.05) is 17.7 Å². The Hall–Kier alpha value is -1.17. The fourth-order valence-electron chi connectivity index (χ4n) is 2.29. The van der Waals surface area contributed by atoms with E-state index in [9.17, 15) is 14.3 Å². The van der Waals surface area contributed by atoms with Gasteiger partial charge >= 0.3 is 0 Å². The second-order valence-corrected chi connectivity index (χ2v) is 4.87. The van der Waals surface area contributed by atoms with Crippen LogP contribution in [0.4, 0.5) is 4.39 Å². The van der Waals surface area contributed by atoms with Crippen molar-refractivity contribution in [3.05, 3.63) is 34.6 Å². The summed E-state index contributed by atoms with van der Waals surface area (Å²) in [5, 5.41) is 9.12. The van der Waals surface area contributed by atoms with Crippen molar-refractivity contribution in [1.29, 1.82) is 0 Å². The summed E-state index contributed by atoms with van der Waals surface area (Å²) in [5.74, 6) is -1.02. The Morgan fingerprint density at radius 1 is 1.63 bits per heavy atom. The van der Waals surface area contributed by atoms with Crippen LogP contribution in [0.25, 0.3) is 0 Å². The highest BCUT2D eigenvalue weighted by atomic mass is 35.5. The average Bonchev–Trinajstić information content (AvgIpc) is 2.84. The number of benzene rings is 1. The Morgan fingerprint density at radius 2 is 2.37 bits per heavy atom. The van der Waals surface area contributed by atoms with Crippen LogP contribution in [0.3, 0.4) is 0 Å². The predicted octanol–water partition coefficient (Wildman–Crippen LogP) is 1.70. The molecule has 1 fully saturated rings. The average molecular weight is 288 g/mol. The fraction of sp³-hybridized carbons (Fsp3) is 0.462. The number of hydrogen-bond acceptors (Lipinski definition) is 3. The van der Waals surface area contributed by atoms with E-state index >= 15 is 0 Å². The number of carbonyl (C=O) groups excluding carboxylic acids is 1. The number of rotatable bonds is 3. The lowest BCUT2D eigenvalue weighted by Crippen LogP contribution is -2.38. The number of amides is 1. The van der Waals surface area contributed by atoms with Crippen molar-refractivity contribution in [2.24, 2.45) is 0 Å². The van der Waals surface area contributed by atoms with Crippen LogP contribution < -0.4 is 0 Å². The molecular formula is C13H15ClFNO3. The molecule has 19 heavy (non-hydrogen) atoms. The standard InChI is InChI=1S/C13H15ClFNO3/c1-19-9-5-8(7-17)16(6-9)13(18)10-3-2-4-11(15)12(10)14/h2-4,8-9,17H,5-7H2,1H3/t8-,9+/m0/s1. The molecule has 104 valence electrons. The fourth-order valence-corrected chi connectivity index (χ4v) is 2.50. The summed E-state index contributed by atoms with van der Waals surface area (Å²) in [4.78, 5) is 13.8. The largest absolute Gasteiger partial charge is 0.394 e. The van der Waals surface area contributed by atoms with E-state index in [-0.39, 0.29) is 35.2 Å². The number of likely N-dealkylation sites (tertiary alicyclic amines) is 1. The van der Waals surface area contributed by atoms with E-state index in [0.29, 0.717) is 13.0 Å². The predicted molar refractivity (Wildman–Crippen MR) is 68.7 cm³/mol. The first-order valence-corrected chi connectivity index (χ1v) is 6.35. The monoisotopic (exact) mass is 287 g/mol. The van der Waals surface area contributed by atoms with Gasteiger partial charge in [-0.15, -0.1) is 0 Å². The van der Waals surface area contributed by atoms with Crippen LogP contribution in [0.1, 0.15) is 16.8 Å². The van der Waals surface area contributed by atoms with E-state index in [0.717, 1.165) is 0 Å².